The molecule has 1 aromatic rings. The summed E-state index contributed by atoms with van der Waals surface area (Å²) >= 11 is 0. The van der Waals surface area contributed by atoms with Crippen molar-refractivity contribution in [2.75, 3.05) is 0 Å². The number of aryl methyl sites for hydroxylation is 1. The number of aliphatic carboxylic acids is 1. The number of hydrogen-bond donors (Lipinski definition) is 2. The van der Waals surface area contributed by atoms with E-state index in [0.717, 1.165) is 0 Å². The molecule has 0 amide bonds. The van der Waals surface area contributed by atoms with E-state index in [9.17, 15) is 9.59 Å². The molecule has 70 valence electrons. The Balaban J connectivity index is 3.15. The summed E-state index contributed by atoms with van der Waals surface area (Å²) in [6.07, 6.45) is 0. The van der Waals surface area contributed by atoms with E-state index in [1.54, 1.807) is 6.92 Å². The highest BCUT2D eigenvalue weighted by atomic mass is 16.4. The van der Waals surface area contributed by atoms with E-state index >= 15 is 0 Å². The maximum Gasteiger partial charge on any atom is 0.313 e. The van der Waals surface area contributed by atoms with Gasteiger partial charge in [-0.3, -0.25) is 9.59 Å². The number of rotatable bonds is 2. The summed E-state index contributed by atoms with van der Waals surface area (Å²) in [5.41, 5.74) is 0.197. The average molecular weight is 182 g/mol. The Morgan fingerprint density at radius 3 is 2.77 bits per heavy atom. The molecule has 0 aliphatic rings. The van der Waals surface area contributed by atoms with Crippen LogP contribution in [-0.2, 0) is 4.79 Å². The first-order valence-electron chi connectivity index (χ1n) is 3.81. The van der Waals surface area contributed by atoms with E-state index in [1.807, 2.05) is 0 Å². The number of nitrogens with one attached hydrogen (secondary N) is 1. The summed E-state index contributed by atoms with van der Waals surface area (Å²) in [5.74, 6) is -1.60. The summed E-state index contributed by atoms with van der Waals surface area (Å²) in [4.78, 5) is 27.8. The van der Waals surface area contributed by atoms with Crippen LogP contribution < -0.4 is 5.56 Å². The zero-order chi connectivity index (χ0) is 10.0. The molecular formula is C8H10N2O3. The minimum absolute atomic E-state index is 0.192. The van der Waals surface area contributed by atoms with Gasteiger partial charge in [0.15, 0.2) is 0 Å². The van der Waals surface area contributed by atoms with Crippen molar-refractivity contribution in [1.29, 1.82) is 0 Å². The molecule has 0 aromatic carbocycles. The summed E-state index contributed by atoms with van der Waals surface area (Å²) in [5, 5.41) is 8.66. The second kappa shape index (κ2) is 3.38. The topological polar surface area (TPSA) is 83.0 Å². The highest BCUT2D eigenvalue weighted by Gasteiger charge is 2.16. The van der Waals surface area contributed by atoms with Gasteiger partial charge in [0.25, 0.3) is 5.56 Å². The third-order valence-corrected chi connectivity index (χ3v) is 1.67. The van der Waals surface area contributed by atoms with Crippen molar-refractivity contribution in [3.63, 3.8) is 0 Å². The molecule has 0 fully saturated rings. The first-order chi connectivity index (χ1) is 6.00. The van der Waals surface area contributed by atoms with Crippen LogP contribution in [0.1, 0.15) is 24.4 Å². The molecule has 1 rings (SSSR count). The number of hydrogen-bond acceptors (Lipinski definition) is 3. The van der Waals surface area contributed by atoms with Gasteiger partial charge < -0.3 is 10.1 Å². The lowest BCUT2D eigenvalue weighted by Crippen LogP contribution is -2.17. The lowest BCUT2D eigenvalue weighted by Gasteiger charge is -2.04. The van der Waals surface area contributed by atoms with Gasteiger partial charge in [0.05, 0.1) is 0 Å². The number of H-pyrrole nitrogens is 1. The van der Waals surface area contributed by atoms with Gasteiger partial charge in [-0.05, 0) is 13.8 Å². The zero-order valence-electron chi connectivity index (χ0n) is 7.37. The van der Waals surface area contributed by atoms with Crippen molar-refractivity contribution in [3.05, 3.63) is 27.9 Å². The summed E-state index contributed by atoms with van der Waals surface area (Å²) in [6, 6.07) is 1.32. The number of aromatic nitrogens is 2. The molecule has 0 spiro atoms. The second-order valence-corrected chi connectivity index (χ2v) is 2.83. The molecule has 0 saturated heterocycles. The molecule has 0 radical (unpaired) electrons. The van der Waals surface area contributed by atoms with Gasteiger partial charge in [-0.25, -0.2) is 4.98 Å². The molecule has 5 heteroatoms. The van der Waals surface area contributed by atoms with E-state index in [2.05, 4.69) is 9.97 Å². The monoisotopic (exact) mass is 182 g/mol. The standard InChI is InChI=1S/C8H10N2O3/c1-4-3-6(11)10-7(9-4)5(2)8(12)13/h3,5H,1-2H3,(H,12,13)(H,9,10,11). The third kappa shape index (κ3) is 2.14. The molecule has 1 unspecified atom stereocenters. The average Bonchev–Trinajstić information content (AvgIpc) is 2.01. The molecule has 1 atom stereocenters. The normalized spacial score (nSPS) is 12.5. The SMILES string of the molecule is Cc1cc(=O)[nH]c(C(C)C(=O)O)n1. The van der Waals surface area contributed by atoms with Gasteiger partial charge in [0.2, 0.25) is 0 Å². The molecule has 0 bridgehead atoms. The van der Waals surface area contributed by atoms with E-state index in [0.29, 0.717) is 5.69 Å². The minimum atomic E-state index is -1.01. The van der Waals surface area contributed by atoms with Gasteiger partial charge >= 0.3 is 5.97 Å². The van der Waals surface area contributed by atoms with Gasteiger partial charge in [-0.2, -0.15) is 0 Å². The van der Waals surface area contributed by atoms with Crippen LogP contribution >= 0.6 is 0 Å². The maximum atomic E-state index is 10.9. The van der Waals surface area contributed by atoms with Crippen LogP contribution in [0.3, 0.4) is 0 Å². The Labute approximate surface area is 74.4 Å². The van der Waals surface area contributed by atoms with Crippen molar-refractivity contribution >= 4 is 5.97 Å². The first-order valence-corrected chi connectivity index (χ1v) is 3.81. The predicted octanol–water partition coefficient (Wildman–Crippen LogP) is 0.266. The molecule has 1 heterocycles. The molecule has 1 aromatic heterocycles. The summed E-state index contributed by atoms with van der Waals surface area (Å²) in [7, 11) is 0. The van der Waals surface area contributed by atoms with Crippen LogP contribution in [0.4, 0.5) is 0 Å². The smallest absolute Gasteiger partial charge is 0.313 e. The highest BCUT2D eigenvalue weighted by molar-refractivity contribution is 5.74. The van der Waals surface area contributed by atoms with Crippen LogP contribution in [0, 0.1) is 6.92 Å². The van der Waals surface area contributed by atoms with E-state index < -0.39 is 11.9 Å². The molecule has 0 aliphatic heterocycles. The van der Waals surface area contributed by atoms with Crippen molar-refractivity contribution in [2.24, 2.45) is 0 Å². The third-order valence-electron chi connectivity index (χ3n) is 1.67. The molecule has 0 aliphatic carbocycles. The van der Waals surface area contributed by atoms with Crippen molar-refractivity contribution < 1.29 is 9.90 Å². The quantitative estimate of drug-likeness (QED) is 0.687. The number of aromatic amines is 1. The fourth-order valence-electron chi connectivity index (χ4n) is 0.924. The van der Waals surface area contributed by atoms with Crippen LogP contribution in [0.25, 0.3) is 0 Å². The lowest BCUT2D eigenvalue weighted by molar-refractivity contribution is -0.138. The predicted molar refractivity (Wildman–Crippen MR) is 45.6 cm³/mol. The molecular weight excluding hydrogens is 172 g/mol. The van der Waals surface area contributed by atoms with Gasteiger partial charge in [-0.1, -0.05) is 0 Å². The number of carboxylic acid groups (broad SMARTS) is 1. The second-order valence-electron chi connectivity index (χ2n) is 2.83. The minimum Gasteiger partial charge on any atom is -0.481 e. The largest absolute Gasteiger partial charge is 0.481 e. The Hall–Kier alpha value is -1.65. The summed E-state index contributed by atoms with van der Waals surface area (Å²) in [6.45, 7) is 3.12. The fourth-order valence-corrected chi connectivity index (χ4v) is 0.924. The van der Waals surface area contributed by atoms with Gasteiger partial charge in [0.1, 0.15) is 11.7 Å². The molecule has 2 N–H and O–H groups in total. The van der Waals surface area contributed by atoms with Crippen molar-refractivity contribution in [3.8, 4) is 0 Å². The molecule has 5 nitrogen and oxygen atoms in total. The first kappa shape index (κ1) is 9.44. The van der Waals surface area contributed by atoms with Crippen molar-refractivity contribution in [2.45, 2.75) is 19.8 Å². The highest BCUT2D eigenvalue weighted by Crippen LogP contribution is 2.07. The van der Waals surface area contributed by atoms with Crippen LogP contribution in [0.2, 0.25) is 0 Å². The Morgan fingerprint density at radius 1 is 1.69 bits per heavy atom. The van der Waals surface area contributed by atoms with E-state index in [4.69, 9.17) is 5.11 Å². The maximum absolute atomic E-state index is 10.9. The van der Waals surface area contributed by atoms with Gasteiger partial charge in [-0.15, -0.1) is 0 Å². The van der Waals surface area contributed by atoms with Crippen LogP contribution in [0.15, 0.2) is 10.9 Å². The zero-order valence-corrected chi connectivity index (χ0v) is 7.37. The fraction of sp³-hybridized carbons (Fsp3) is 0.375. The Morgan fingerprint density at radius 2 is 2.31 bits per heavy atom. The van der Waals surface area contributed by atoms with E-state index in [1.165, 1.54) is 13.0 Å². The number of carboxylic acids is 1. The lowest BCUT2D eigenvalue weighted by atomic mass is 10.1. The number of nitrogens with zero attached hydrogens (tertiary/aromatic N) is 1. The summed E-state index contributed by atoms with van der Waals surface area (Å²) < 4.78 is 0. The van der Waals surface area contributed by atoms with E-state index in [-0.39, 0.29) is 11.4 Å². The van der Waals surface area contributed by atoms with Crippen LogP contribution in [-0.4, -0.2) is 21.0 Å². The van der Waals surface area contributed by atoms with Gasteiger partial charge in [0, 0.05) is 11.8 Å². The Kier molecular flexibility index (Phi) is 2.46. The van der Waals surface area contributed by atoms with Crippen LogP contribution in [0.5, 0.6) is 0 Å². The number of carbonyl (C=O) groups is 1. The Bertz CT molecular complexity index is 383. The molecule has 13 heavy (non-hydrogen) atoms. The van der Waals surface area contributed by atoms with Crippen molar-refractivity contribution in [1.82, 2.24) is 9.97 Å². The molecule has 0 saturated carbocycles.